The summed E-state index contributed by atoms with van der Waals surface area (Å²) in [5, 5.41) is 13.0. The third kappa shape index (κ3) is 4.91. The van der Waals surface area contributed by atoms with E-state index in [1.54, 1.807) is 0 Å². The van der Waals surface area contributed by atoms with Crippen molar-refractivity contribution in [1.82, 2.24) is 5.32 Å². The largest absolute Gasteiger partial charge is 0.394 e. The van der Waals surface area contributed by atoms with Crippen LogP contribution in [-0.4, -0.2) is 45.2 Å². The molecule has 0 aliphatic rings. The fraction of sp³-hybridized carbons (Fsp3) is 0.600. The lowest BCUT2D eigenvalue weighted by Gasteiger charge is -2.32. The predicted molar refractivity (Wildman–Crippen MR) is 76.2 cm³/mol. The molecule has 19 heavy (non-hydrogen) atoms. The van der Waals surface area contributed by atoms with Crippen LogP contribution in [0.25, 0.3) is 0 Å². The first-order chi connectivity index (χ1) is 9.29. The number of aliphatic hydroxyl groups excluding tert-OH is 1. The second-order valence-electron chi connectivity index (χ2n) is 4.42. The quantitative estimate of drug-likeness (QED) is 0.631. The number of hydrogen-bond donors (Lipinski definition) is 2. The van der Waals surface area contributed by atoms with Gasteiger partial charge in [-0.1, -0.05) is 30.3 Å². The van der Waals surface area contributed by atoms with Crippen molar-refractivity contribution in [3.8, 4) is 0 Å². The first-order valence-electron chi connectivity index (χ1n) is 6.80. The zero-order chi connectivity index (χ0) is 14.0. The molecule has 0 radical (unpaired) electrons. The van der Waals surface area contributed by atoms with Crippen molar-refractivity contribution in [3.05, 3.63) is 35.9 Å². The first-order valence-corrected chi connectivity index (χ1v) is 6.80. The van der Waals surface area contributed by atoms with Gasteiger partial charge < -0.3 is 19.9 Å². The number of benzene rings is 1. The van der Waals surface area contributed by atoms with E-state index >= 15 is 0 Å². The summed E-state index contributed by atoms with van der Waals surface area (Å²) in [6, 6.07) is 9.97. The lowest BCUT2D eigenvalue weighted by Crippen LogP contribution is -2.44. The highest BCUT2D eigenvalue weighted by Gasteiger charge is 2.29. The average Bonchev–Trinajstić information content (AvgIpc) is 2.48. The second-order valence-corrected chi connectivity index (χ2v) is 4.42. The molecule has 108 valence electrons. The highest BCUT2D eigenvalue weighted by molar-refractivity contribution is 5.24. The van der Waals surface area contributed by atoms with E-state index in [4.69, 9.17) is 9.47 Å². The van der Waals surface area contributed by atoms with Gasteiger partial charge in [-0.2, -0.15) is 0 Å². The van der Waals surface area contributed by atoms with Gasteiger partial charge in [0.25, 0.3) is 0 Å². The van der Waals surface area contributed by atoms with Crippen molar-refractivity contribution in [2.75, 3.05) is 40.1 Å². The molecule has 0 bridgehead atoms. The van der Waals surface area contributed by atoms with Gasteiger partial charge in [0, 0.05) is 13.2 Å². The molecule has 0 aromatic heterocycles. The summed E-state index contributed by atoms with van der Waals surface area (Å²) >= 11 is 0. The molecule has 0 amide bonds. The number of nitrogens with one attached hydrogen (secondary N) is 1. The zero-order valence-electron chi connectivity index (χ0n) is 11.9. The molecule has 0 saturated heterocycles. The summed E-state index contributed by atoms with van der Waals surface area (Å²) in [6.07, 6.45) is 0.718. The number of aliphatic hydroxyl groups is 1. The number of rotatable bonds is 10. The number of ether oxygens (including phenoxy) is 2. The summed E-state index contributed by atoms with van der Waals surface area (Å²) in [7, 11) is 1.86. The van der Waals surface area contributed by atoms with Crippen LogP contribution in [0.4, 0.5) is 0 Å². The molecule has 0 fully saturated rings. The second kappa shape index (κ2) is 9.04. The molecule has 0 saturated carbocycles. The smallest absolute Gasteiger partial charge is 0.0700 e. The van der Waals surface area contributed by atoms with Crippen LogP contribution in [0.1, 0.15) is 18.9 Å². The third-order valence-electron chi connectivity index (χ3n) is 3.32. The number of likely N-dealkylation sites (N-methyl/N-ethyl adjacent to an activating group) is 1. The molecule has 0 spiro atoms. The van der Waals surface area contributed by atoms with E-state index in [0.717, 1.165) is 12.0 Å². The highest BCUT2D eigenvalue weighted by atomic mass is 16.5. The van der Waals surface area contributed by atoms with Crippen LogP contribution < -0.4 is 5.32 Å². The molecule has 0 heterocycles. The van der Waals surface area contributed by atoms with E-state index < -0.39 is 5.54 Å². The average molecular weight is 267 g/mol. The van der Waals surface area contributed by atoms with E-state index in [0.29, 0.717) is 26.4 Å². The van der Waals surface area contributed by atoms with Crippen molar-refractivity contribution < 1.29 is 14.6 Å². The fourth-order valence-corrected chi connectivity index (χ4v) is 2.03. The van der Waals surface area contributed by atoms with Crippen molar-refractivity contribution >= 4 is 0 Å². The lowest BCUT2D eigenvalue weighted by atomic mass is 9.88. The minimum absolute atomic E-state index is 0.0440. The minimum atomic E-state index is -0.438. The zero-order valence-corrected chi connectivity index (χ0v) is 11.9. The third-order valence-corrected chi connectivity index (χ3v) is 3.32. The van der Waals surface area contributed by atoms with Crippen LogP contribution in [0.3, 0.4) is 0 Å². The summed E-state index contributed by atoms with van der Waals surface area (Å²) in [4.78, 5) is 0. The summed E-state index contributed by atoms with van der Waals surface area (Å²) in [5.74, 6) is 0. The fourth-order valence-electron chi connectivity index (χ4n) is 2.03. The van der Waals surface area contributed by atoms with Crippen LogP contribution in [-0.2, 0) is 15.0 Å². The van der Waals surface area contributed by atoms with Crippen molar-refractivity contribution in [3.63, 3.8) is 0 Å². The molecule has 1 atom stereocenters. The van der Waals surface area contributed by atoms with E-state index in [1.165, 1.54) is 0 Å². The summed E-state index contributed by atoms with van der Waals surface area (Å²) < 4.78 is 10.8. The molecule has 4 heteroatoms. The van der Waals surface area contributed by atoms with Gasteiger partial charge >= 0.3 is 0 Å². The summed E-state index contributed by atoms with van der Waals surface area (Å²) in [6.45, 7) is 4.52. The van der Waals surface area contributed by atoms with Gasteiger partial charge in [0.1, 0.15) is 0 Å². The van der Waals surface area contributed by atoms with E-state index in [1.807, 2.05) is 44.3 Å². The molecule has 4 nitrogen and oxygen atoms in total. The Kier molecular flexibility index (Phi) is 7.67. The summed E-state index contributed by atoms with van der Waals surface area (Å²) in [5.41, 5.74) is 0.640. The standard InChI is InChI=1S/C15H25NO3/c1-3-18-11-12-19-10-9-15(13-17,16-2)14-7-5-4-6-8-14/h4-8,16-17H,3,9-13H2,1-2H3. The first kappa shape index (κ1) is 16.1. The van der Waals surface area contributed by atoms with Crippen molar-refractivity contribution in [2.24, 2.45) is 0 Å². The molecule has 2 N–H and O–H groups in total. The van der Waals surface area contributed by atoms with Crippen LogP contribution >= 0.6 is 0 Å². The van der Waals surface area contributed by atoms with E-state index in [2.05, 4.69) is 5.32 Å². The van der Waals surface area contributed by atoms with Crippen LogP contribution in [0.2, 0.25) is 0 Å². The SMILES string of the molecule is CCOCCOCCC(CO)(NC)c1ccccc1. The van der Waals surface area contributed by atoms with Crippen LogP contribution in [0, 0.1) is 0 Å². The Hall–Kier alpha value is -0.940. The Morgan fingerprint density at radius 1 is 1.11 bits per heavy atom. The van der Waals surface area contributed by atoms with E-state index in [-0.39, 0.29) is 6.61 Å². The Bertz CT molecular complexity index is 325. The highest BCUT2D eigenvalue weighted by Crippen LogP contribution is 2.24. The maximum absolute atomic E-state index is 9.73. The van der Waals surface area contributed by atoms with Gasteiger partial charge in [-0.25, -0.2) is 0 Å². The topological polar surface area (TPSA) is 50.7 Å². The monoisotopic (exact) mass is 267 g/mol. The number of hydrogen-bond acceptors (Lipinski definition) is 4. The Morgan fingerprint density at radius 3 is 2.37 bits per heavy atom. The molecule has 1 unspecified atom stereocenters. The van der Waals surface area contributed by atoms with Crippen LogP contribution in [0.5, 0.6) is 0 Å². The Balaban J connectivity index is 2.48. The van der Waals surface area contributed by atoms with Gasteiger partial charge in [0.15, 0.2) is 0 Å². The van der Waals surface area contributed by atoms with Gasteiger partial charge in [-0.3, -0.25) is 0 Å². The van der Waals surface area contributed by atoms with Gasteiger partial charge in [-0.05, 0) is 26.0 Å². The molecule has 1 rings (SSSR count). The molecule has 1 aromatic rings. The molecular weight excluding hydrogens is 242 g/mol. The predicted octanol–water partition coefficient (Wildman–Crippen LogP) is 1.54. The molecule has 1 aromatic carbocycles. The normalized spacial score (nSPS) is 14.3. The Labute approximate surface area is 115 Å². The van der Waals surface area contributed by atoms with Gasteiger partial charge in [-0.15, -0.1) is 0 Å². The molecule has 0 aliphatic heterocycles. The van der Waals surface area contributed by atoms with Crippen molar-refractivity contribution in [2.45, 2.75) is 18.9 Å². The van der Waals surface area contributed by atoms with Crippen LogP contribution in [0.15, 0.2) is 30.3 Å². The lowest BCUT2D eigenvalue weighted by molar-refractivity contribution is 0.0360. The van der Waals surface area contributed by atoms with E-state index in [9.17, 15) is 5.11 Å². The Morgan fingerprint density at radius 2 is 1.79 bits per heavy atom. The maximum Gasteiger partial charge on any atom is 0.0700 e. The maximum atomic E-state index is 9.73. The van der Waals surface area contributed by atoms with Crippen molar-refractivity contribution in [1.29, 1.82) is 0 Å². The van der Waals surface area contributed by atoms with Gasteiger partial charge in [0.2, 0.25) is 0 Å². The molecular formula is C15H25NO3. The minimum Gasteiger partial charge on any atom is -0.394 e. The van der Waals surface area contributed by atoms with Gasteiger partial charge in [0.05, 0.1) is 25.4 Å². The molecule has 0 aliphatic carbocycles.